The summed E-state index contributed by atoms with van der Waals surface area (Å²) in [5.41, 5.74) is 1.35. The summed E-state index contributed by atoms with van der Waals surface area (Å²) in [4.78, 5) is 2.56. The lowest BCUT2D eigenvalue weighted by Gasteiger charge is -2.41. The van der Waals surface area contributed by atoms with E-state index in [0.717, 1.165) is 56.6 Å². The van der Waals surface area contributed by atoms with Gasteiger partial charge >= 0.3 is 0 Å². The van der Waals surface area contributed by atoms with Crippen molar-refractivity contribution in [3.63, 3.8) is 0 Å². The Kier molecular flexibility index (Phi) is 8.77. The number of likely N-dealkylation sites (tertiary alicyclic amines) is 1. The van der Waals surface area contributed by atoms with E-state index in [0.29, 0.717) is 6.61 Å². The second kappa shape index (κ2) is 11.5. The van der Waals surface area contributed by atoms with Gasteiger partial charge in [0.2, 0.25) is 0 Å². The molecule has 1 heterocycles. The quantitative estimate of drug-likeness (QED) is 0.454. The Labute approximate surface area is 183 Å². The minimum atomic E-state index is -0.890. The van der Waals surface area contributed by atoms with Crippen LogP contribution in [-0.2, 0) is 5.60 Å². The summed E-state index contributed by atoms with van der Waals surface area (Å²) in [5, 5.41) is 12.3. The van der Waals surface area contributed by atoms with Crippen molar-refractivity contribution in [2.24, 2.45) is 0 Å². The molecule has 0 saturated carbocycles. The molecule has 2 aromatic rings. The fourth-order valence-corrected chi connectivity index (χ4v) is 4.79. The zero-order chi connectivity index (χ0) is 21.2. The number of hydrogen-bond acceptors (Lipinski definition) is 3. The third-order valence-electron chi connectivity index (χ3n) is 6.49. The first-order valence-corrected chi connectivity index (χ1v) is 11.9. The van der Waals surface area contributed by atoms with Gasteiger partial charge in [-0.05, 0) is 62.5 Å². The van der Waals surface area contributed by atoms with Gasteiger partial charge in [0.1, 0.15) is 5.75 Å². The van der Waals surface area contributed by atoms with Crippen LogP contribution in [0.15, 0.2) is 54.6 Å². The maximum absolute atomic E-state index is 12.3. The van der Waals surface area contributed by atoms with Crippen LogP contribution < -0.4 is 4.74 Å². The molecule has 0 aliphatic carbocycles. The van der Waals surface area contributed by atoms with E-state index in [1.807, 2.05) is 19.1 Å². The predicted octanol–water partition coefficient (Wildman–Crippen LogP) is 6.12. The molecule has 0 aromatic heterocycles. The second-order valence-electron chi connectivity index (χ2n) is 8.66. The number of rotatable bonds is 11. The molecule has 0 spiro atoms. The van der Waals surface area contributed by atoms with E-state index in [2.05, 4.69) is 54.3 Å². The normalized spacial score (nSPS) is 18.0. The standard InChI is InChI=1S/C27H39NO2/c1-3-5-10-19-27(29,24-15-17-25(18-16-24)30-4-2)26(23-13-8-6-9-14-23)22-28-20-11-7-12-21-28/h6,8-9,13-18,26,29H,3-5,7,10-12,19-22H2,1-2H3. The molecule has 1 aliphatic rings. The number of ether oxygens (including phenoxy) is 1. The van der Waals surface area contributed by atoms with E-state index < -0.39 is 5.60 Å². The summed E-state index contributed by atoms with van der Waals surface area (Å²) < 4.78 is 5.65. The molecule has 1 N–H and O–H groups in total. The van der Waals surface area contributed by atoms with Crippen molar-refractivity contribution in [3.05, 3.63) is 65.7 Å². The van der Waals surface area contributed by atoms with E-state index in [1.54, 1.807) is 0 Å². The Hall–Kier alpha value is -1.84. The zero-order valence-electron chi connectivity index (χ0n) is 18.9. The van der Waals surface area contributed by atoms with Gasteiger partial charge in [-0.25, -0.2) is 0 Å². The molecule has 1 fully saturated rings. The van der Waals surface area contributed by atoms with Crippen molar-refractivity contribution in [1.82, 2.24) is 4.90 Å². The average molecular weight is 410 g/mol. The van der Waals surface area contributed by atoms with Gasteiger partial charge in [-0.1, -0.05) is 75.1 Å². The summed E-state index contributed by atoms with van der Waals surface area (Å²) in [6.07, 6.45) is 7.96. The highest BCUT2D eigenvalue weighted by molar-refractivity contribution is 5.35. The topological polar surface area (TPSA) is 32.7 Å². The molecule has 3 rings (SSSR count). The summed E-state index contributed by atoms with van der Waals surface area (Å²) in [6, 6.07) is 18.8. The van der Waals surface area contributed by atoms with Crippen molar-refractivity contribution in [1.29, 1.82) is 0 Å². The average Bonchev–Trinajstić information content (AvgIpc) is 2.79. The van der Waals surface area contributed by atoms with Gasteiger partial charge in [0.05, 0.1) is 12.2 Å². The van der Waals surface area contributed by atoms with Crippen LogP contribution in [0.1, 0.15) is 75.8 Å². The molecular weight excluding hydrogens is 370 g/mol. The monoisotopic (exact) mass is 409 g/mol. The van der Waals surface area contributed by atoms with Crippen LogP contribution in [-0.4, -0.2) is 36.2 Å². The highest BCUT2D eigenvalue weighted by Crippen LogP contribution is 2.42. The first-order valence-electron chi connectivity index (χ1n) is 11.9. The molecule has 3 heteroatoms. The molecule has 30 heavy (non-hydrogen) atoms. The smallest absolute Gasteiger partial charge is 0.119 e. The summed E-state index contributed by atoms with van der Waals surface area (Å²) >= 11 is 0. The number of piperidine rings is 1. The van der Waals surface area contributed by atoms with Crippen molar-refractivity contribution in [2.45, 2.75) is 70.3 Å². The lowest BCUT2D eigenvalue weighted by atomic mass is 9.73. The van der Waals surface area contributed by atoms with Crippen molar-refractivity contribution in [3.8, 4) is 5.75 Å². The first-order chi connectivity index (χ1) is 14.7. The van der Waals surface area contributed by atoms with E-state index in [4.69, 9.17) is 4.74 Å². The lowest BCUT2D eigenvalue weighted by molar-refractivity contribution is -0.0167. The molecule has 2 aromatic carbocycles. The number of benzene rings is 2. The van der Waals surface area contributed by atoms with Gasteiger partial charge in [-0.3, -0.25) is 0 Å². The minimum absolute atomic E-state index is 0.0478. The van der Waals surface area contributed by atoms with Crippen LogP contribution in [0.3, 0.4) is 0 Å². The first kappa shape index (κ1) is 22.8. The van der Waals surface area contributed by atoms with E-state index >= 15 is 0 Å². The summed E-state index contributed by atoms with van der Waals surface area (Å²) in [7, 11) is 0. The number of unbranched alkanes of at least 4 members (excludes halogenated alkanes) is 2. The van der Waals surface area contributed by atoms with Crippen molar-refractivity contribution in [2.75, 3.05) is 26.2 Å². The number of aliphatic hydroxyl groups is 1. The summed E-state index contributed by atoms with van der Waals surface area (Å²) in [6.45, 7) is 8.05. The third-order valence-corrected chi connectivity index (χ3v) is 6.49. The molecule has 1 aliphatic heterocycles. The Morgan fingerprint density at radius 3 is 2.27 bits per heavy atom. The molecule has 0 amide bonds. The Morgan fingerprint density at radius 2 is 1.63 bits per heavy atom. The molecule has 0 radical (unpaired) electrons. The minimum Gasteiger partial charge on any atom is -0.494 e. The maximum atomic E-state index is 12.3. The van der Waals surface area contributed by atoms with E-state index in [9.17, 15) is 5.11 Å². The molecule has 1 saturated heterocycles. The number of hydrogen-bond donors (Lipinski definition) is 1. The van der Waals surface area contributed by atoms with E-state index in [1.165, 1.54) is 24.8 Å². The SMILES string of the molecule is CCCCCC(O)(c1ccc(OCC)cc1)C(CN1CCCCC1)c1ccccc1. The van der Waals surface area contributed by atoms with Crippen LogP contribution in [0.25, 0.3) is 0 Å². The predicted molar refractivity (Wildman–Crippen MR) is 125 cm³/mol. The maximum Gasteiger partial charge on any atom is 0.119 e. The fraction of sp³-hybridized carbons (Fsp3) is 0.556. The molecule has 0 bridgehead atoms. The Morgan fingerprint density at radius 1 is 0.933 bits per heavy atom. The van der Waals surface area contributed by atoms with Crippen LogP contribution in [0.4, 0.5) is 0 Å². The lowest BCUT2D eigenvalue weighted by Crippen LogP contribution is -2.42. The third kappa shape index (κ3) is 5.86. The highest BCUT2D eigenvalue weighted by atomic mass is 16.5. The number of nitrogens with zero attached hydrogens (tertiary/aromatic N) is 1. The largest absolute Gasteiger partial charge is 0.494 e. The van der Waals surface area contributed by atoms with Gasteiger partial charge < -0.3 is 14.7 Å². The Bertz CT molecular complexity index is 724. The summed E-state index contributed by atoms with van der Waals surface area (Å²) in [5.74, 6) is 0.913. The van der Waals surface area contributed by atoms with Crippen LogP contribution in [0.2, 0.25) is 0 Å². The van der Waals surface area contributed by atoms with Crippen LogP contribution in [0.5, 0.6) is 5.75 Å². The van der Waals surface area contributed by atoms with Gasteiger partial charge in [0.15, 0.2) is 0 Å². The Balaban J connectivity index is 1.96. The van der Waals surface area contributed by atoms with Gasteiger partial charge in [-0.2, -0.15) is 0 Å². The molecule has 2 atom stereocenters. The second-order valence-corrected chi connectivity index (χ2v) is 8.66. The highest BCUT2D eigenvalue weighted by Gasteiger charge is 2.40. The van der Waals surface area contributed by atoms with Crippen LogP contribution >= 0.6 is 0 Å². The van der Waals surface area contributed by atoms with Gasteiger partial charge in [0, 0.05) is 12.5 Å². The van der Waals surface area contributed by atoms with Crippen LogP contribution in [0, 0.1) is 0 Å². The van der Waals surface area contributed by atoms with Crippen molar-refractivity contribution < 1.29 is 9.84 Å². The molecular formula is C27H39NO2. The van der Waals surface area contributed by atoms with Gasteiger partial charge in [-0.15, -0.1) is 0 Å². The van der Waals surface area contributed by atoms with E-state index in [-0.39, 0.29) is 5.92 Å². The molecule has 164 valence electrons. The molecule has 3 nitrogen and oxygen atoms in total. The van der Waals surface area contributed by atoms with Gasteiger partial charge in [0.25, 0.3) is 0 Å². The fourth-order valence-electron chi connectivity index (χ4n) is 4.79. The molecule has 2 unspecified atom stereocenters. The zero-order valence-corrected chi connectivity index (χ0v) is 18.9. The van der Waals surface area contributed by atoms with Crippen molar-refractivity contribution >= 4 is 0 Å².